The van der Waals surface area contributed by atoms with Crippen LogP contribution >= 0.6 is 34.4 Å². The second kappa shape index (κ2) is 7.05. The first-order valence-electron chi connectivity index (χ1n) is 8.40. The molecule has 0 saturated heterocycles. The van der Waals surface area contributed by atoms with Crippen molar-refractivity contribution in [1.82, 2.24) is 9.97 Å². The van der Waals surface area contributed by atoms with Crippen LogP contribution < -0.4 is 10.9 Å². The van der Waals surface area contributed by atoms with Gasteiger partial charge in [-0.3, -0.25) is 0 Å². The minimum atomic E-state index is -0.389. The number of thiazole rings is 2. The molecule has 0 radical (unpaired) electrons. The van der Waals surface area contributed by atoms with Crippen molar-refractivity contribution in [3.63, 3.8) is 0 Å². The van der Waals surface area contributed by atoms with Gasteiger partial charge in [-0.1, -0.05) is 35.6 Å². The molecule has 1 N–H and O–H groups in total. The van der Waals surface area contributed by atoms with Gasteiger partial charge in [0.25, 0.3) is 0 Å². The Balaban J connectivity index is 1.49. The molecular weight excluding hydrogens is 410 g/mol. The molecule has 28 heavy (non-hydrogen) atoms. The topological polar surface area (TPSA) is 68.0 Å². The molecule has 0 saturated carbocycles. The van der Waals surface area contributed by atoms with E-state index in [1.165, 1.54) is 11.3 Å². The third-order valence-corrected chi connectivity index (χ3v) is 6.70. The number of benzene rings is 2. The molecule has 0 unspecified atom stereocenters. The van der Waals surface area contributed by atoms with E-state index >= 15 is 0 Å². The second-order valence-electron chi connectivity index (χ2n) is 5.97. The van der Waals surface area contributed by atoms with Gasteiger partial charge in [-0.2, -0.15) is 0 Å². The summed E-state index contributed by atoms with van der Waals surface area (Å²) in [6.45, 7) is 0. The molecule has 5 rings (SSSR count). The Bertz CT molecular complexity index is 1370. The van der Waals surface area contributed by atoms with Gasteiger partial charge in [0, 0.05) is 15.7 Å². The first kappa shape index (κ1) is 17.4. The molecule has 3 aromatic heterocycles. The lowest BCUT2D eigenvalue weighted by Crippen LogP contribution is -2.02. The average Bonchev–Trinajstić information content (AvgIpc) is 3.33. The monoisotopic (exact) mass is 423 g/mol. The zero-order valence-electron chi connectivity index (χ0n) is 14.6. The molecule has 3 heterocycles. The Kier molecular flexibility index (Phi) is 4.38. The number of fused-ring (bicyclic) bond motifs is 2. The summed E-state index contributed by atoms with van der Waals surface area (Å²) in [6, 6.07) is 15.4. The van der Waals surface area contributed by atoms with E-state index in [-0.39, 0.29) is 5.63 Å². The summed E-state index contributed by atoms with van der Waals surface area (Å²) < 4.78 is 6.54. The molecule has 0 spiro atoms. The predicted octanol–water partition coefficient (Wildman–Crippen LogP) is 5.99. The molecule has 0 amide bonds. The van der Waals surface area contributed by atoms with Crippen LogP contribution in [0.1, 0.15) is 0 Å². The number of hydrogen-bond acceptors (Lipinski definition) is 8. The highest BCUT2D eigenvalue weighted by Crippen LogP contribution is 2.34. The minimum absolute atomic E-state index is 0.389. The van der Waals surface area contributed by atoms with Gasteiger partial charge in [-0.05, 0) is 30.5 Å². The van der Waals surface area contributed by atoms with E-state index in [0.717, 1.165) is 25.6 Å². The summed E-state index contributed by atoms with van der Waals surface area (Å²) in [5.41, 5.74) is 2.23. The molecule has 5 aromatic rings. The number of thioether (sulfide) groups is 1. The van der Waals surface area contributed by atoms with Gasteiger partial charge in [0.1, 0.15) is 5.58 Å². The lowest BCUT2D eigenvalue weighted by atomic mass is 10.1. The summed E-state index contributed by atoms with van der Waals surface area (Å²) in [7, 11) is 0. The van der Waals surface area contributed by atoms with Crippen LogP contribution in [0, 0.1) is 0 Å². The molecule has 0 atom stereocenters. The van der Waals surface area contributed by atoms with E-state index in [1.54, 1.807) is 29.2 Å². The number of aromatic nitrogens is 2. The molecule has 138 valence electrons. The maximum atomic E-state index is 12.4. The summed E-state index contributed by atoms with van der Waals surface area (Å²) in [5, 5.41) is 7.45. The molecule has 0 fully saturated rings. The standard InChI is InChI=1S/C20H13N3O2S3/c1-26-15-7-4-8-16-17(15)22-20(28-16)23-19-21-13(10-27-19)12-9-11-5-2-3-6-14(11)25-18(12)24/h2-10H,1H3,(H,21,22,23). The van der Waals surface area contributed by atoms with Gasteiger partial charge in [0.15, 0.2) is 10.3 Å². The van der Waals surface area contributed by atoms with E-state index < -0.39 is 0 Å². The van der Waals surface area contributed by atoms with Gasteiger partial charge in [0.2, 0.25) is 0 Å². The molecule has 5 nitrogen and oxygen atoms in total. The third kappa shape index (κ3) is 3.09. The largest absolute Gasteiger partial charge is 0.422 e. The molecule has 0 aliphatic carbocycles. The number of para-hydroxylation sites is 2. The van der Waals surface area contributed by atoms with E-state index in [0.29, 0.717) is 22.0 Å². The van der Waals surface area contributed by atoms with Crippen LogP contribution in [0.4, 0.5) is 10.3 Å². The minimum Gasteiger partial charge on any atom is -0.422 e. The van der Waals surface area contributed by atoms with Crippen LogP contribution in [-0.2, 0) is 0 Å². The Morgan fingerprint density at radius 3 is 2.86 bits per heavy atom. The van der Waals surface area contributed by atoms with Crippen LogP contribution in [0.2, 0.25) is 0 Å². The smallest absolute Gasteiger partial charge is 0.345 e. The predicted molar refractivity (Wildman–Crippen MR) is 118 cm³/mol. The normalized spacial score (nSPS) is 11.3. The van der Waals surface area contributed by atoms with Gasteiger partial charge in [-0.25, -0.2) is 14.8 Å². The van der Waals surface area contributed by atoms with Crippen molar-refractivity contribution < 1.29 is 4.42 Å². The fourth-order valence-corrected chi connectivity index (χ4v) is 5.22. The van der Waals surface area contributed by atoms with Crippen molar-refractivity contribution in [1.29, 1.82) is 0 Å². The van der Waals surface area contributed by atoms with Crippen molar-refractivity contribution in [2.24, 2.45) is 0 Å². The van der Waals surface area contributed by atoms with E-state index in [4.69, 9.17) is 9.40 Å². The maximum Gasteiger partial charge on any atom is 0.345 e. The highest BCUT2D eigenvalue weighted by atomic mass is 32.2. The highest BCUT2D eigenvalue weighted by Gasteiger charge is 2.13. The van der Waals surface area contributed by atoms with Crippen molar-refractivity contribution >= 4 is 65.9 Å². The van der Waals surface area contributed by atoms with E-state index in [1.807, 2.05) is 42.0 Å². The highest BCUT2D eigenvalue weighted by molar-refractivity contribution is 7.98. The molecule has 2 aromatic carbocycles. The SMILES string of the molecule is CSc1cccc2sc(Nc3nc(-c4cc5ccccc5oc4=O)cs3)nc12. The van der Waals surface area contributed by atoms with E-state index in [2.05, 4.69) is 22.4 Å². The third-order valence-electron chi connectivity index (χ3n) is 4.24. The van der Waals surface area contributed by atoms with Crippen molar-refractivity contribution in [3.8, 4) is 11.3 Å². The van der Waals surface area contributed by atoms with Crippen LogP contribution in [-0.4, -0.2) is 16.2 Å². The van der Waals surface area contributed by atoms with E-state index in [9.17, 15) is 4.79 Å². The zero-order valence-corrected chi connectivity index (χ0v) is 17.1. The fraction of sp³-hybridized carbons (Fsp3) is 0.0500. The Labute approximate surface area is 172 Å². The Morgan fingerprint density at radius 2 is 1.96 bits per heavy atom. The summed E-state index contributed by atoms with van der Waals surface area (Å²) >= 11 is 4.69. The molecule has 0 aliphatic heterocycles. The second-order valence-corrected chi connectivity index (χ2v) is 8.71. The van der Waals surface area contributed by atoms with Crippen LogP contribution in [0.15, 0.2) is 68.0 Å². The van der Waals surface area contributed by atoms with Crippen LogP contribution in [0.5, 0.6) is 0 Å². The maximum absolute atomic E-state index is 12.4. The quantitative estimate of drug-likeness (QED) is 0.283. The molecule has 0 bridgehead atoms. The summed E-state index contributed by atoms with van der Waals surface area (Å²) in [6.07, 6.45) is 2.05. The number of rotatable bonds is 4. The van der Waals surface area contributed by atoms with Crippen LogP contribution in [0.25, 0.3) is 32.4 Å². The Morgan fingerprint density at radius 1 is 1.07 bits per heavy atom. The number of nitrogens with one attached hydrogen (secondary N) is 1. The van der Waals surface area contributed by atoms with Gasteiger partial charge in [-0.15, -0.1) is 23.1 Å². The molecule has 0 aliphatic rings. The molecule has 8 heteroatoms. The number of anilines is 2. The van der Waals surface area contributed by atoms with Gasteiger partial charge in [0.05, 0.1) is 21.5 Å². The van der Waals surface area contributed by atoms with Gasteiger partial charge < -0.3 is 9.73 Å². The summed E-state index contributed by atoms with van der Waals surface area (Å²) in [5.74, 6) is 0. The van der Waals surface area contributed by atoms with Crippen LogP contribution in [0.3, 0.4) is 0 Å². The number of nitrogens with zero attached hydrogens (tertiary/aromatic N) is 2. The zero-order chi connectivity index (χ0) is 19.1. The number of hydrogen-bond donors (Lipinski definition) is 1. The van der Waals surface area contributed by atoms with Crippen molar-refractivity contribution in [2.45, 2.75) is 4.90 Å². The fourth-order valence-electron chi connectivity index (χ4n) is 2.93. The first-order chi connectivity index (χ1) is 13.7. The summed E-state index contributed by atoms with van der Waals surface area (Å²) in [4.78, 5) is 22.8. The lowest BCUT2D eigenvalue weighted by Gasteiger charge is -1.99. The molecular formula is C20H13N3O2S3. The average molecular weight is 424 g/mol. The van der Waals surface area contributed by atoms with Gasteiger partial charge >= 0.3 is 5.63 Å². The van der Waals surface area contributed by atoms with Crippen molar-refractivity contribution in [3.05, 3.63) is 64.3 Å². The lowest BCUT2D eigenvalue weighted by molar-refractivity contribution is 0.563. The van der Waals surface area contributed by atoms with Crippen molar-refractivity contribution in [2.75, 3.05) is 11.6 Å². The Hall–Kier alpha value is -2.68. The first-order valence-corrected chi connectivity index (χ1v) is 11.3.